The maximum atomic E-state index is 6.09. The first-order valence-corrected chi connectivity index (χ1v) is 14.8. The number of nitrogens with one attached hydrogen (secondary N) is 1. The molecule has 4 aromatic heterocycles. The zero-order valence-electron chi connectivity index (χ0n) is 20.3. The van der Waals surface area contributed by atoms with Crippen molar-refractivity contribution in [1.29, 1.82) is 0 Å². The van der Waals surface area contributed by atoms with Gasteiger partial charge in [0.2, 0.25) is 0 Å². The van der Waals surface area contributed by atoms with Gasteiger partial charge < -0.3 is 5.32 Å². The summed E-state index contributed by atoms with van der Waals surface area (Å²) in [4.78, 5) is 26.8. The minimum absolute atomic E-state index is 0.620. The Bertz CT molecular complexity index is 1670. The molecule has 0 unspecified atom stereocenters. The van der Waals surface area contributed by atoms with Crippen LogP contribution >= 0.6 is 34.3 Å². The molecule has 8 rings (SSSR count). The van der Waals surface area contributed by atoms with E-state index in [-0.39, 0.29) is 0 Å². The average Bonchev–Trinajstić information content (AvgIpc) is 3.64. The standard InChI is InChI=1S/C18H16N4S.C10H9ClN2S/c1-2-4-15-14(3-1)16-17(20-10-21-18(16)23-15)22-13-6-5-11-8-19-9-12(11)7-13;11-9-8-6-3-1-2-4-7(6)14-10(8)13-5-12-9/h5-7,9-10H,1-4,8H2,(H,20,21,22);5H,1-4H2. The van der Waals surface area contributed by atoms with E-state index in [0.717, 1.165) is 45.9 Å². The van der Waals surface area contributed by atoms with Crippen molar-refractivity contribution in [1.82, 2.24) is 19.9 Å². The van der Waals surface area contributed by atoms with Crippen LogP contribution in [0.4, 0.5) is 11.5 Å². The first-order chi connectivity index (χ1) is 18.2. The van der Waals surface area contributed by atoms with Crippen molar-refractivity contribution >= 4 is 72.4 Å². The molecule has 0 amide bonds. The fourth-order valence-corrected chi connectivity index (χ4v) is 8.31. The van der Waals surface area contributed by atoms with E-state index in [2.05, 4.69) is 48.4 Å². The number of anilines is 2. The molecule has 2 aliphatic carbocycles. The SMILES string of the molecule is C1=NCc2ccc(Nc3ncnc4sc5c(c34)CCCC5)cc21.Clc1ncnc2sc3c(c12)CCCC3. The minimum Gasteiger partial charge on any atom is -0.340 e. The van der Waals surface area contributed by atoms with Gasteiger partial charge in [-0.1, -0.05) is 17.7 Å². The van der Waals surface area contributed by atoms with Gasteiger partial charge in [-0.15, -0.1) is 22.7 Å². The van der Waals surface area contributed by atoms with Crippen LogP contribution in [0, 0.1) is 0 Å². The summed E-state index contributed by atoms with van der Waals surface area (Å²) in [5, 5.41) is 6.46. The number of halogens is 1. The van der Waals surface area contributed by atoms with Crippen molar-refractivity contribution in [3.8, 4) is 0 Å². The quantitative estimate of drug-likeness (QED) is 0.233. The second-order valence-corrected chi connectivity index (χ2v) is 12.2. The summed E-state index contributed by atoms with van der Waals surface area (Å²) in [5.41, 5.74) is 6.42. The van der Waals surface area contributed by atoms with E-state index >= 15 is 0 Å². The molecule has 186 valence electrons. The lowest BCUT2D eigenvalue weighted by molar-refractivity contribution is 0.700. The topological polar surface area (TPSA) is 76.0 Å². The Morgan fingerprint density at radius 3 is 2.22 bits per heavy atom. The van der Waals surface area contributed by atoms with Crippen molar-refractivity contribution in [2.24, 2.45) is 4.99 Å². The van der Waals surface area contributed by atoms with E-state index in [9.17, 15) is 0 Å². The van der Waals surface area contributed by atoms with Gasteiger partial charge in [0, 0.05) is 21.7 Å². The number of hydrogen-bond acceptors (Lipinski definition) is 8. The summed E-state index contributed by atoms with van der Waals surface area (Å²) in [6.07, 6.45) is 14.9. The molecule has 1 aromatic carbocycles. The van der Waals surface area contributed by atoms with E-state index in [4.69, 9.17) is 11.6 Å². The molecule has 6 nitrogen and oxygen atoms in total. The lowest BCUT2D eigenvalue weighted by atomic mass is 9.97. The summed E-state index contributed by atoms with van der Waals surface area (Å²) < 4.78 is 0. The van der Waals surface area contributed by atoms with Gasteiger partial charge in [0.25, 0.3) is 0 Å². The number of fused-ring (bicyclic) bond motifs is 7. The molecule has 0 radical (unpaired) electrons. The van der Waals surface area contributed by atoms with Gasteiger partial charge in [0.1, 0.15) is 33.3 Å². The van der Waals surface area contributed by atoms with E-state index in [0.29, 0.717) is 5.15 Å². The Kier molecular flexibility index (Phi) is 6.11. The van der Waals surface area contributed by atoms with Crippen LogP contribution in [0.1, 0.15) is 57.7 Å². The maximum Gasteiger partial charge on any atom is 0.142 e. The van der Waals surface area contributed by atoms with Crippen molar-refractivity contribution in [3.05, 3.63) is 68.0 Å². The Balaban J connectivity index is 0.000000141. The van der Waals surface area contributed by atoms with Crippen LogP contribution in [0.15, 0.2) is 35.8 Å². The Morgan fingerprint density at radius 1 is 0.757 bits per heavy atom. The Hall–Kier alpha value is -2.94. The normalized spacial score (nSPS) is 15.7. The number of benzene rings is 1. The van der Waals surface area contributed by atoms with Crippen LogP contribution in [0.25, 0.3) is 20.4 Å². The molecular formula is C28H25ClN6S2. The number of thiophene rings is 2. The molecular weight excluding hydrogens is 520 g/mol. The van der Waals surface area contributed by atoms with Crippen LogP contribution in [-0.2, 0) is 32.2 Å². The average molecular weight is 545 g/mol. The summed E-state index contributed by atoms with van der Waals surface area (Å²) >= 11 is 9.70. The molecule has 5 heterocycles. The van der Waals surface area contributed by atoms with Crippen LogP contribution in [0.3, 0.4) is 0 Å². The molecule has 0 saturated heterocycles. The first kappa shape index (κ1) is 23.2. The highest BCUT2D eigenvalue weighted by atomic mass is 35.5. The van der Waals surface area contributed by atoms with Crippen molar-refractivity contribution in [2.45, 2.75) is 57.9 Å². The number of aryl methyl sites for hydroxylation is 4. The molecule has 5 aromatic rings. The van der Waals surface area contributed by atoms with Gasteiger partial charge in [-0.05, 0) is 85.8 Å². The zero-order valence-corrected chi connectivity index (χ0v) is 22.6. The van der Waals surface area contributed by atoms with E-state index in [1.54, 1.807) is 24.0 Å². The van der Waals surface area contributed by atoms with Gasteiger partial charge >= 0.3 is 0 Å². The molecule has 0 bridgehead atoms. The molecule has 9 heteroatoms. The van der Waals surface area contributed by atoms with Crippen molar-refractivity contribution in [2.75, 3.05) is 5.32 Å². The highest BCUT2D eigenvalue weighted by Crippen LogP contribution is 2.39. The van der Waals surface area contributed by atoms with Crippen LogP contribution in [-0.4, -0.2) is 26.2 Å². The zero-order chi connectivity index (χ0) is 24.8. The summed E-state index contributed by atoms with van der Waals surface area (Å²) in [6, 6.07) is 6.41. The fourth-order valence-electron chi connectivity index (χ4n) is 5.55. The lowest BCUT2D eigenvalue weighted by Crippen LogP contribution is -2.01. The number of rotatable bonds is 2. The number of hydrogen-bond donors (Lipinski definition) is 1. The minimum atomic E-state index is 0.620. The predicted octanol–water partition coefficient (Wildman–Crippen LogP) is 7.47. The summed E-state index contributed by atoms with van der Waals surface area (Å²) in [5.74, 6) is 0.935. The summed E-state index contributed by atoms with van der Waals surface area (Å²) in [7, 11) is 0. The second kappa shape index (κ2) is 9.74. The van der Waals surface area contributed by atoms with Gasteiger partial charge in [-0.25, -0.2) is 19.9 Å². The van der Waals surface area contributed by atoms with Crippen molar-refractivity contribution in [3.63, 3.8) is 0 Å². The molecule has 37 heavy (non-hydrogen) atoms. The largest absolute Gasteiger partial charge is 0.340 e. The van der Waals surface area contributed by atoms with Gasteiger partial charge in [-0.2, -0.15) is 0 Å². The smallest absolute Gasteiger partial charge is 0.142 e. The molecule has 0 spiro atoms. The molecule has 0 saturated carbocycles. The Labute approximate surface area is 227 Å². The van der Waals surface area contributed by atoms with Gasteiger partial charge in [-0.3, -0.25) is 4.99 Å². The number of aromatic nitrogens is 4. The fraction of sp³-hybridized carbons (Fsp3) is 0.321. The second-order valence-electron chi connectivity index (χ2n) is 9.68. The molecule has 1 aliphatic heterocycles. The first-order valence-electron chi connectivity index (χ1n) is 12.8. The maximum absolute atomic E-state index is 6.09. The van der Waals surface area contributed by atoms with Crippen LogP contribution in [0.5, 0.6) is 0 Å². The third-order valence-electron chi connectivity index (χ3n) is 7.36. The number of nitrogens with zero attached hydrogens (tertiary/aromatic N) is 5. The number of aliphatic imine (C=N–C) groups is 1. The molecule has 0 atom stereocenters. The van der Waals surface area contributed by atoms with E-state index in [1.807, 2.05) is 17.6 Å². The predicted molar refractivity (Wildman–Crippen MR) is 154 cm³/mol. The monoisotopic (exact) mass is 544 g/mol. The highest BCUT2D eigenvalue weighted by Gasteiger charge is 2.21. The highest BCUT2D eigenvalue weighted by molar-refractivity contribution is 7.19. The third-order valence-corrected chi connectivity index (χ3v) is 10.0. The van der Waals surface area contributed by atoms with E-state index in [1.165, 1.54) is 75.9 Å². The Morgan fingerprint density at radius 2 is 1.43 bits per heavy atom. The van der Waals surface area contributed by atoms with E-state index < -0.39 is 0 Å². The summed E-state index contributed by atoms with van der Waals surface area (Å²) in [6.45, 7) is 0.797. The van der Waals surface area contributed by atoms with Gasteiger partial charge in [0.05, 0.1) is 17.3 Å². The lowest BCUT2D eigenvalue weighted by Gasteiger charge is -2.12. The van der Waals surface area contributed by atoms with Crippen molar-refractivity contribution < 1.29 is 0 Å². The molecule has 1 N–H and O–H groups in total. The van der Waals surface area contributed by atoms with Gasteiger partial charge in [0.15, 0.2) is 0 Å². The molecule has 3 aliphatic rings. The third kappa shape index (κ3) is 4.31. The van der Waals surface area contributed by atoms with Crippen LogP contribution in [0.2, 0.25) is 5.15 Å². The molecule has 0 fully saturated rings. The van der Waals surface area contributed by atoms with Crippen LogP contribution < -0.4 is 5.32 Å².